The van der Waals surface area contributed by atoms with Crippen LogP contribution >= 0.6 is 0 Å². The minimum atomic E-state index is 0.290. The molecule has 2 nitrogen and oxygen atoms in total. The van der Waals surface area contributed by atoms with Crippen molar-refractivity contribution in [1.82, 2.24) is 0 Å². The number of benzene rings is 2. The SMILES string of the molecule is CNc1ccccc1/C=C/c1ccc(O)cc1. The average molecular weight is 225 g/mol. The van der Waals surface area contributed by atoms with Crippen LogP contribution in [0.5, 0.6) is 5.75 Å². The minimum absolute atomic E-state index is 0.290. The third kappa shape index (κ3) is 2.88. The lowest BCUT2D eigenvalue weighted by molar-refractivity contribution is 0.475. The van der Waals surface area contributed by atoms with Gasteiger partial charge < -0.3 is 10.4 Å². The fraction of sp³-hybridized carbons (Fsp3) is 0.0667. The van der Waals surface area contributed by atoms with Gasteiger partial charge in [-0.15, -0.1) is 0 Å². The van der Waals surface area contributed by atoms with Gasteiger partial charge in [-0.25, -0.2) is 0 Å². The highest BCUT2D eigenvalue weighted by atomic mass is 16.3. The molecule has 2 N–H and O–H groups in total. The molecule has 0 fully saturated rings. The molecule has 0 aliphatic carbocycles. The number of aromatic hydroxyl groups is 1. The molecule has 2 aromatic rings. The van der Waals surface area contributed by atoms with Crippen LogP contribution in [0, 0.1) is 0 Å². The number of hydrogen-bond acceptors (Lipinski definition) is 2. The predicted octanol–water partition coefficient (Wildman–Crippen LogP) is 3.60. The second-order valence-electron chi connectivity index (χ2n) is 3.76. The molecule has 0 spiro atoms. The summed E-state index contributed by atoms with van der Waals surface area (Å²) in [5.74, 6) is 0.290. The lowest BCUT2D eigenvalue weighted by Gasteiger charge is -2.04. The van der Waals surface area contributed by atoms with E-state index in [-0.39, 0.29) is 5.75 Å². The van der Waals surface area contributed by atoms with E-state index in [9.17, 15) is 5.11 Å². The van der Waals surface area contributed by atoms with Crippen molar-refractivity contribution in [3.63, 3.8) is 0 Å². The van der Waals surface area contributed by atoms with Crippen molar-refractivity contribution in [2.24, 2.45) is 0 Å². The number of nitrogens with one attached hydrogen (secondary N) is 1. The van der Waals surface area contributed by atoms with E-state index in [0.717, 1.165) is 16.8 Å². The quantitative estimate of drug-likeness (QED) is 0.782. The molecule has 0 saturated carbocycles. The highest BCUT2D eigenvalue weighted by Gasteiger charge is 1.94. The third-order valence-corrected chi connectivity index (χ3v) is 2.58. The van der Waals surface area contributed by atoms with Gasteiger partial charge in [0, 0.05) is 12.7 Å². The molecule has 0 atom stereocenters. The molecule has 17 heavy (non-hydrogen) atoms. The first-order valence-corrected chi connectivity index (χ1v) is 5.53. The molecule has 0 aromatic heterocycles. The van der Waals surface area contributed by atoms with Crippen molar-refractivity contribution in [3.05, 3.63) is 59.7 Å². The maximum atomic E-state index is 9.19. The summed E-state index contributed by atoms with van der Waals surface area (Å²) in [6.45, 7) is 0. The van der Waals surface area contributed by atoms with E-state index in [0.29, 0.717) is 0 Å². The monoisotopic (exact) mass is 225 g/mol. The Hall–Kier alpha value is -2.22. The Kier molecular flexibility index (Phi) is 3.46. The zero-order valence-electron chi connectivity index (χ0n) is 9.72. The summed E-state index contributed by atoms with van der Waals surface area (Å²) in [6.07, 6.45) is 4.08. The van der Waals surface area contributed by atoms with Crippen LogP contribution in [-0.2, 0) is 0 Å². The van der Waals surface area contributed by atoms with E-state index < -0.39 is 0 Å². The summed E-state index contributed by atoms with van der Waals surface area (Å²) in [6, 6.07) is 15.2. The molecule has 0 amide bonds. The average Bonchev–Trinajstić information content (AvgIpc) is 2.38. The second-order valence-corrected chi connectivity index (χ2v) is 3.76. The number of hydrogen-bond donors (Lipinski definition) is 2. The minimum Gasteiger partial charge on any atom is -0.508 e. The molecular formula is C15H15NO. The zero-order chi connectivity index (χ0) is 12.1. The fourth-order valence-corrected chi connectivity index (χ4v) is 1.64. The van der Waals surface area contributed by atoms with Gasteiger partial charge in [0.1, 0.15) is 5.75 Å². The van der Waals surface area contributed by atoms with Gasteiger partial charge in [-0.1, -0.05) is 42.5 Å². The van der Waals surface area contributed by atoms with Crippen LogP contribution in [0.4, 0.5) is 5.69 Å². The highest BCUT2D eigenvalue weighted by Crippen LogP contribution is 2.18. The van der Waals surface area contributed by atoms with Crippen LogP contribution in [0.15, 0.2) is 48.5 Å². The van der Waals surface area contributed by atoms with Crippen LogP contribution < -0.4 is 5.32 Å². The van der Waals surface area contributed by atoms with Crippen LogP contribution in [-0.4, -0.2) is 12.2 Å². The summed E-state index contributed by atoms with van der Waals surface area (Å²) in [5.41, 5.74) is 3.30. The van der Waals surface area contributed by atoms with Crippen molar-refractivity contribution in [3.8, 4) is 5.75 Å². The molecule has 0 aliphatic rings. The van der Waals surface area contributed by atoms with E-state index in [1.165, 1.54) is 0 Å². The van der Waals surface area contributed by atoms with E-state index in [4.69, 9.17) is 0 Å². The third-order valence-electron chi connectivity index (χ3n) is 2.58. The van der Waals surface area contributed by atoms with Gasteiger partial charge in [0.05, 0.1) is 0 Å². The Morgan fingerprint density at radius 1 is 0.941 bits per heavy atom. The number of anilines is 1. The van der Waals surface area contributed by atoms with Crippen LogP contribution in [0.2, 0.25) is 0 Å². The Balaban J connectivity index is 2.22. The topological polar surface area (TPSA) is 32.3 Å². The van der Waals surface area contributed by atoms with Crippen molar-refractivity contribution >= 4 is 17.8 Å². The van der Waals surface area contributed by atoms with Crippen LogP contribution in [0.3, 0.4) is 0 Å². The lowest BCUT2D eigenvalue weighted by atomic mass is 10.1. The predicted molar refractivity (Wildman–Crippen MR) is 73.0 cm³/mol. The molecule has 86 valence electrons. The molecule has 0 saturated heterocycles. The summed E-state index contributed by atoms with van der Waals surface area (Å²) in [5, 5.41) is 12.3. The second kappa shape index (κ2) is 5.21. The van der Waals surface area contributed by atoms with E-state index >= 15 is 0 Å². The van der Waals surface area contributed by atoms with Gasteiger partial charge >= 0.3 is 0 Å². The largest absolute Gasteiger partial charge is 0.508 e. The maximum absolute atomic E-state index is 9.19. The van der Waals surface area contributed by atoms with E-state index in [1.54, 1.807) is 12.1 Å². The maximum Gasteiger partial charge on any atom is 0.115 e. The first kappa shape index (κ1) is 11.3. The summed E-state index contributed by atoms with van der Waals surface area (Å²) < 4.78 is 0. The smallest absolute Gasteiger partial charge is 0.115 e. The van der Waals surface area contributed by atoms with Gasteiger partial charge in [-0.05, 0) is 29.3 Å². The normalized spacial score (nSPS) is 10.6. The van der Waals surface area contributed by atoms with Gasteiger partial charge in [-0.2, -0.15) is 0 Å². The first-order chi connectivity index (χ1) is 8.29. The Bertz CT molecular complexity index is 515. The zero-order valence-corrected chi connectivity index (χ0v) is 9.72. The lowest BCUT2D eigenvalue weighted by Crippen LogP contribution is -1.89. The molecule has 0 heterocycles. The summed E-state index contributed by atoms with van der Waals surface area (Å²) in [4.78, 5) is 0. The molecule has 0 radical (unpaired) electrons. The Labute approximate surface area is 101 Å². The van der Waals surface area contributed by atoms with Crippen LogP contribution in [0.1, 0.15) is 11.1 Å². The van der Waals surface area contributed by atoms with E-state index in [1.807, 2.05) is 43.5 Å². The van der Waals surface area contributed by atoms with Gasteiger partial charge in [0.2, 0.25) is 0 Å². The van der Waals surface area contributed by atoms with Crippen LogP contribution in [0.25, 0.3) is 12.2 Å². The van der Waals surface area contributed by atoms with Gasteiger partial charge in [0.15, 0.2) is 0 Å². The first-order valence-electron chi connectivity index (χ1n) is 5.53. The molecule has 2 heteroatoms. The summed E-state index contributed by atoms with van der Waals surface area (Å²) >= 11 is 0. The van der Waals surface area contributed by atoms with Crippen molar-refractivity contribution in [1.29, 1.82) is 0 Å². The van der Waals surface area contributed by atoms with Crippen molar-refractivity contribution < 1.29 is 5.11 Å². The van der Waals surface area contributed by atoms with Gasteiger partial charge in [0.25, 0.3) is 0 Å². The molecular weight excluding hydrogens is 210 g/mol. The van der Waals surface area contributed by atoms with Crippen molar-refractivity contribution in [2.75, 3.05) is 12.4 Å². The number of para-hydroxylation sites is 1. The summed E-state index contributed by atoms with van der Waals surface area (Å²) in [7, 11) is 1.91. The van der Waals surface area contributed by atoms with Crippen molar-refractivity contribution in [2.45, 2.75) is 0 Å². The number of phenolic OH excluding ortho intramolecular Hbond substituents is 1. The molecule has 0 unspecified atom stereocenters. The fourth-order valence-electron chi connectivity index (χ4n) is 1.64. The Morgan fingerprint density at radius 3 is 2.35 bits per heavy atom. The molecule has 0 bridgehead atoms. The molecule has 2 aromatic carbocycles. The number of phenols is 1. The Morgan fingerprint density at radius 2 is 1.65 bits per heavy atom. The highest BCUT2D eigenvalue weighted by molar-refractivity contribution is 5.76. The molecule has 2 rings (SSSR count). The van der Waals surface area contributed by atoms with Gasteiger partial charge in [-0.3, -0.25) is 0 Å². The molecule has 0 aliphatic heterocycles. The number of rotatable bonds is 3. The standard InChI is InChI=1S/C15H15NO/c1-16-15-5-3-2-4-13(15)9-6-12-7-10-14(17)11-8-12/h2-11,16-17H,1H3/b9-6+. The van der Waals surface area contributed by atoms with E-state index in [2.05, 4.69) is 17.5 Å².